The minimum atomic E-state index is -4.49. The highest BCUT2D eigenvalue weighted by Gasteiger charge is 2.30. The Kier molecular flexibility index (Phi) is 6.59. The number of ether oxygens (including phenoxy) is 1. The van der Waals surface area contributed by atoms with E-state index in [0.717, 1.165) is 48.7 Å². The van der Waals surface area contributed by atoms with Crippen LogP contribution in [0, 0.1) is 0 Å². The van der Waals surface area contributed by atoms with Crippen LogP contribution in [0.3, 0.4) is 0 Å². The summed E-state index contributed by atoms with van der Waals surface area (Å²) >= 11 is 2.58. The van der Waals surface area contributed by atoms with E-state index in [1.165, 1.54) is 40.0 Å². The molecule has 1 N–H and O–H groups in total. The van der Waals surface area contributed by atoms with Crippen LogP contribution in [0.4, 0.5) is 18.9 Å². The van der Waals surface area contributed by atoms with Crippen LogP contribution in [0.2, 0.25) is 0 Å². The number of alkyl halides is 3. The molecule has 0 aliphatic heterocycles. The number of amides is 1. The van der Waals surface area contributed by atoms with Crippen molar-refractivity contribution in [1.82, 2.24) is 9.55 Å². The van der Waals surface area contributed by atoms with Crippen molar-refractivity contribution in [3.8, 4) is 0 Å². The number of nitrogens with one attached hydrogen (secondary N) is 1. The maximum atomic E-state index is 13.2. The van der Waals surface area contributed by atoms with Crippen molar-refractivity contribution in [3.05, 3.63) is 50.6 Å². The lowest BCUT2D eigenvalue weighted by Crippen LogP contribution is -2.26. The van der Waals surface area contributed by atoms with E-state index >= 15 is 0 Å². The number of carbonyl (C=O) groups is 1. The molecule has 0 bridgehead atoms. The lowest BCUT2D eigenvalue weighted by atomic mass is 10.2. The van der Waals surface area contributed by atoms with Gasteiger partial charge < -0.3 is 10.1 Å². The number of anilines is 1. The van der Waals surface area contributed by atoms with Crippen LogP contribution < -0.4 is 10.9 Å². The molecule has 1 aliphatic carbocycles. The largest absolute Gasteiger partial charge is 0.416 e. The molecular weight excluding hydrogens is 463 g/mol. The fourth-order valence-corrected chi connectivity index (χ4v) is 5.78. The molecule has 0 atom stereocenters. The van der Waals surface area contributed by atoms with Crippen LogP contribution in [0.1, 0.15) is 22.4 Å². The third-order valence-electron chi connectivity index (χ3n) is 5.11. The smallest absolute Gasteiger partial charge is 0.383 e. The van der Waals surface area contributed by atoms with Crippen molar-refractivity contribution in [2.45, 2.75) is 37.1 Å². The average molecular weight is 484 g/mol. The second-order valence-corrected chi connectivity index (χ2v) is 9.32. The normalized spacial score (nSPS) is 13.5. The van der Waals surface area contributed by atoms with Gasteiger partial charge in [0.1, 0.15) is 4.83 Å². The first-order valence-corrected chi connectivity index (χ1v) is 11.7. The van der Waals surface area contributed by atoms with Crippen LogP contribution >= 0.6 is 23.1 Å². The van der Waals surface area contributed by atoms with E-state index in [1.54, 1.807) is 0 Å². The molecule has 6 nitrogen and oxygen atoms in total. The number of thioether (sulfide) groups is 1. The lowest BCUT2D eigenvalue weighted by molar-refractivity contribution is -0.137. The van der Waals surface area contributed by atoms with Gasteiger partial charge in [-0.05, 0) is 43.0 Å². The summed E-state index contributed by atoms with van der Waals surface area (Å²) in [5.41, 5.74) is 0.147. The Balaban J connectivity index is 1.55. The fourth-order valence-electron chi connectivity index (χ4n) is 3.65. The van der Waals surface area contributed by atoms with E-state index < -0.39 is 17.6 Å². The van der Waals surface area contributed by atoms with Crippen LogP contribution in [-0.4, -0.2) is 34.9 Å². The third kappa shape index (κ3) is 4.69. The molecule has 0 spiro atoms. The van der Waals surface area contributed by atoms with Gasteiger partial charge >= 0.3 is 6.18 Å². The molecule has 1 aromatic carbocycles. The maximum Gasteiger partial charge on any atom is 0.416 e. The number of thiophene rings is 1. The summed E-state index contributed by atoms with van der Waals surface area (Å²) in [5, 5.41) is 3.51. The number of hydrogen-bond acceptors (Lipinski definition) is 6. The van der Waals surface area contributed by atoms with Gasteiger partial charge in [-0.1, -0.05) is 17.8 Å². The quantitative estimate of drug-likeness (QED) is 0.400. The fraction of sp³-hybridized carbons (Fsp3) is 0.381. The molecule has 0 saturated heterocycles. The Morgan fingerprint density at radius 3 is 2.91 bits per heavy atom. The SMILES string of the molecule is COCCn1c(SCC(=O)Nc2cccc(C(F)(F)F)c2)nc2sc3c(c2c1=O)CCC3. The summed E-state index contributed by atoms with van der Waals surface area (Å²) in [5.74, 6) is -0.595. The van der Waals surface area contributed by atoms with Gasteiger partial charge in [-0.2, -0.15) is 13.2 Å². The van der Waals surface area contributed by atoms with Crippen LogP contribution in [0.25, 0.3) is 10.2 Å². The predicted molar refractivity (Wildman–Crippen MR) is 119 cm³/mol. The van der Waals surface area contributed by atoms with Gasteiger partial charge in [-0.25, -0.2) is 4.98 Å². The zero-order chi connectivity index (χ0) is 22.9. The van der Waals surface area contributed by atoms with Crippen molar-refractivity contribution in [2.24, 2.45) is 0 Å². The molecule has 3 aromatic rings. The van der Waals surface area contributed by atoms with Gasteiger partial charge in [0, 0.05) is 17.7 Å². The molecule has 4 rings (SSSR count). The van der Waals surface area contributed by atoms with Gasteiger partial charge in [0.05, 0.1) is 29.9 Å². The minimum absolute atomic E-state index is 0.0558. The number of rotatable bonds is 7. The number of nitrogens with zero attached hydrogens (tertiary/aromatic N) is 2. The molecule has 2 heterocycles. The Labute approximate surface area is 189 Å². The van der Waals surface area contributed by atoms with Gasteiger partial charge in [0.2, 0.25) is 5.91 Å². The lowest BCUT2D eigenvalue weighted by Gasteiger charge is -2.12. The van der Waals surface area contributed by atoms with Crippen LogP contribution in [-0.2, 0) is 35.1 Å². The Morgan fingerprint density at radius 2 is 2.16 bits per heavy atom. The highest BCUT2D eigenvalue weighted by atomic mass is 32.2. The summed E-state index contributed by atoms with van der Waals surface area (Å²) in [4.78, 5) is 32.1. The number of methoxy groups -OCH3 is 1. The molecule has 11 heteroatoms. The van der Waals surface area contributed by atoms with E-state index in [4.69, 9.17) is 4.74 Å². The standard InChI is InChI=1S/C21H20F3N3O3S2/c1-30-9-8-27-19(29)17-14-6-3-7-15(14)32-18(17)26-20(27)31-11-16(28)25-13-5-2-4-12(10-13)21(22,23)24/h2,4-5,10H,3,6-9,11H2,1H3,(H,25,28). The number of hydrogen-bond donors (Lipinski definition) is 1. The number of aromatic nitrogens is 2. The highest BCUT2D eigenvalue weighted by Crippen LogP contribution is 2.35. The number of fused-ring (bicyclic) bond motifs is 3. The molecule has 0 radical (unpaired) electrons. The van der Waals surface area contributed by atoms with Crippen molar-refractivity contribution >= 4 is 44.9 Å². The first kappa shape index (κ1) is 22.8. The predicted octanol–water partition coefficient (Wildman–Crippen LogP) is 4.34. The average Bonchev–Trinajstić information content (AvgIpc) is 3.32. The number of benzene rings is 1. The number of aryl methyl sites for hydroxylation is 2. The zero-order valence-electron chi connectivity index (χ0n) is 17.1. The summed E-state index contributed by atoms with van der Waals surface area (Å²) in [6, 6.07) is 4.45. The second kappa shape index (κ2) is 9.24. The topological polar surface area (TPSA) is 73.2 Å². The zero-order valence-corrected chi connectivity index (χ0v) is 18.8. The van der Waals surface area contributed by atoms with Gasteiger partial charge in [0.15, 0.2) is 5.16 Å². The molecule has 1 amide bonds. The summed E-state index contributed by atoms with van der Waals surface area (Å²) in [6.45, 7) is 0.601. The Bertz CT molecular complexity index is 1220. The second-order valence-electron chi connectivity index (χ2n) is 7.30. The van der Waals surface area contributed by atoms with Gasteiger partial charge in [0.25, 0.3) is 5.56 Å². The van der Waals surface area contributed by atoms with E-state index in [0.29, 0.717) is 28.5 Å². The first-order chi connectivity index (χ1) is 15.3. The van der Waals surface area contributed by atoms with Gasteiger partial charge in [-0.3, -0.25) is 14.2 Å². The summed E-state index contributed by atoms with van der Waals surface area (Å²) in [7, 11) is 1.54. The Hall–Kier alpha value is -2.37. The molecule has 0 fully saturated rings. The van der Waals surface area contributed by atoms with E-state index in [-0.39, 0.29) is 17.0 Å². The number of halogens is 3. The molecule has 170 valence electrons. The Morgan fingerprint density at radius 1 is 1.34 bits per heavy atom. The van der Waals surface area contributed by atoms with E-state index in [2.05, 4.69) is 10.3 Å². The molecular formula is C21H20F3N3O3S2. The summed E-state index contributed by atoms with van der Waals surface area (Å²) < 4.78 is 45.3. The van der Waals surface area contributed by atoms with Gasteiger partial charge in [-0.15, -0.1) is 11.3 Å². The van der Waals surface area contributed by atoms with Crippen LogP contribution in [0.5, 0.6) is 0 Å². The minimum Gasteiger partial charge on any atom is -0.383 e. The summed E-state index contributed by atoms with van der Waals surface area (Å²) in [6.07, 6.45) is -1.66. The molecule has 0 unspecified atom stereocenters. The molecule has 1 aliphatic rings. The highest BCUT2D eigenvalue weighted by molar-refractivity contribution is 7.99. The van der Waals surface area contributed by atoms with Crippen molar-refractivity contribution in [2.75, 3.05) is 24.8 Å². The molecule has 2 aromatic heterocycles. The molecule has 0 saturated carbocycles. The number of carbonyl (C=O) groups excluding carboxylic acids is 1. The van der Waals surface area contributed by atoms with Crippen molar-refractivity contribution < 1.29 is 22.7 Å². The molecule has 32 heavy (non-hydrogen) atoms. The van der Waals surface area contributed by atoms with E-state index in [9.17, 15) is 22.8 Å². The third-order valence-corrected chi connectivity index (χ3v) is 7.28. The van der Waals surface area contributed by atoms with Crippen LogP contribution in [0.15, 0.2) is 34.2 Å². The van der Waals surface area contributed by atoms with Crippen molar-refractivity contribution in [1.29, 1.82) is 0 Å². The first-order valence-electron chi connectivity index (χ1n) is 9.92. The maximum absolute atomic E-state index is 13.2. The monoisotopic (exact) mass is 483 g/mol. The van der Waals surface area contributed by atoms with Crippen molar-refractivity contribution in [3.63, 3.8) is 0 Å². The van der Waals surface area contributed by atoms with E-state index in [1.807, 2.05) is 0 Å².